The van der Waals surface area contributed by atoms with Crippen LogP contribution in [-0.4, -0.2) is 14.8 Å². The predicted molar refractivity (Wildman–Crippen MR) is 78.7 cm³/mol. The van der Waals surface area contributed by atoms with E-state index in [2.05, 4.69) is 17.0 Å². The number of fused-ring (bicyclic) bond motifs is 1. The Balaban J connectivity index is 1.96. The van der Waals surface area contributed by atoms with Crippen LogP contribution in [0.25, 0.3) is 10.9 Å². The summed E-state index contributed by atoms with van der Waals surface area (Å²) in [6.07, 6.45) is 6.34. The van der Waals surface area contributed by atoms with Crippen LogP contribution in [0.1, 0.15) is 13.3 Å². The maximum atomic E-state index is 5.93. The third kappa shape index (κ3) is 2.30. The van der Waals surface area contributed by atoms with Gasteiger partial charge in [0.15, 0.2) is 5.75 Å². The maximum absolute atomic E-state index is 5.93. The van der Waals surface area contributed by atoms with Crippen LogP contribution in [0.3, 0.4) is 0 Å². The van der Waals surface area contributed by atoms with Crippen LogP contribution in [0.15, 0.2) is 42.9 Å². The summed E-state index contributed by atoms with van der Waals surface area (Å²) in [5.74, 6) is 1.45. The number of nitrogens with two attached hydrogens (primary N) is 1. The van der Waals surface area contributed by atoms with Crippen molar-refractivity contribution in [3.63, 3.8) is 0 Å². The molecule has 5 nitrogen and oxygen atoms in total. The Labute approximate surface area is 117 Å². The van der Waals surface area contributed by atoms with E-state index in [1.54, 1.807) is 12.4 Å². The summed E-state index contributed by atoms with van der Waals surface area (Å²) >= 11 is 0. The van der Waals surface area contributed by atoms with E-state index in [0.29, 0.717) is 11.4 Å². The molecule has 2 N–H and O–H groups in total. The number of aryl methyl sites for hydroxylation is 1. The van der Waals surface area contributed by atoms with Crippen molar-refractivity contribution in [2.45, 2.75) is 19.9 Å². The first-order valence-corrected chi connectivity index (χ1v) is 6.61. The average molecular weight is 268 g/mol. The quantitative estimate of drug-likeness (QED) is 0.738. The molecule has 0 fully saturated rings. The molecule has 0 unspecified atom stereocenters. The van der Waals surface area contributed by atoms with Crippen molar-refractivity contribution in [1.82, 2.24) is 14.8 Å². The van der Waals surface area contributed by atoms with Gasteiger partial charge in [-0.25, -0.2) is 0 Å². The lowest BCUT2D eigenvalue weighted by Crippen LogP contribution is -1.95. The van der Waals surface area contributed by atoms with Gasteiger partial charge in [0.2, 0.25) is 0 Å². The highest BCUT2D eigenvalue weighted by Gasteiger charge is 2.07. The minimum atomic E-state index is 0.648. The van der Waals surface area contributed by atoms with Crippen molar-refractivity contribution in [3.8, 4) is 11.5 Å². The lowest BCUT2D eigenvalue weighted by molar-refractivity contribution is 0.485. The van der Waals surface area contributed by atoms with E-state index >= 15 is 0 Å². The molecule has 0 amide bonds. The molecule has 3 rings (SSSR count). The van der Waals surface area contributed by atoms with Crippen LogP contribution in [0.4, 0.5) is 5.69 Å². The number of ether oxygens (including phenoxy) is 1. The Hall–Kier alpha value is -2.56. The third-order valence-corrected chi connectivity index (χ3v) is 3.05. The molecule has 0 atom stereocenters. The third-order valence-electron chi connectivity index (χ3n) is 3.05. The second-order valence-electron chi connectivity index (χ2n) is 4.59. The van der Waals surface area contributed by atoms with Crippen LogP contribution in [0.5, 0.6) is 11.5 Å². The summed E-state index contributed by atoms with van der Waals surface area (Å²) < 4.78 is 7.76. The van der Waals surface area contributed by atoms with Crippen molar-refractivity contribution in [1.29, 1.82) is 0 Å². The Bertz CT molecular complexity index is 736. The number of pyridine rings is 1. The van der Waals surface area contributed by atoms with Gasteiger partial charge in [-0.05, 0) is 24.6 Å². The van der Waals surface area contributed by atoms with Crippen molar-refractivity contribution in [2.24, 2.45) is 0 Å². The minimum absolute atomic E-state index is 0.648. The molecule has 3 aromatic rings. The molecule has 0 aliphatic carbocycles. The van der Waals surface area contributed by atoms with Crippen molar-refractivity contribution >= 4 is 16.6 Å². The molecule has 0 aliphatic rings. The Morgan fingerprint density at radius 1 is 1.30 bits per heavy atom. The summed E-state index contributed by atoms with van der Waals surface area (Å²) in [6, 6.07) is 7.51. The number of nitrogen functional groups attached to an aromatic ring is 1. The number of hydrogen-bond acceptors (Lipinski definition) is 4. The zero-order valence-corrected chi connectivity index (χ0v) is 11.3. The van der Waals surface area contributed by atoms with E-state index in [1.165, 1.54) is 0 Å². The Morgan fingerprint density at radius 2 is 2.20 bits per heavy atom. The fraction of sp³-hybridized carbons (Fsp3) is 0.200. The number of benzene rings is 1. The van der Waals surface area contributed by atoms with Gasteiger partial charge in [-0.3, -0.25) is 9.67 Å². The molecule has 0 radical (unpaired) electrons. The fourth-order valence-electron chi connectivity index (χ4n) is 2.14. The zero-order valence-electron chi connectivity index (χ0n) is 11.3. The van der Waals surface area contributed by atoms with Crippen molar-refractivity contribution in [3.05, 3.63) is 42.9 Å². The smallest absolute Gasteiger partial charge is 0.165 e. The summed E-state index contributed by atoms with van der Waals surface area (Å²) in [5.41, 5.74) is 7.33. The second-order valence-corrected chi connectivity index (χ2v) is 4.59. The van der Waals surface area contributed by atoms with Crippen molar-refractivity contribution < 1.29 is 4.74 Å². The first kappa shape index (κ1) is 12.5. The van der Waals surface area contributed by atoms with Crippen LogP contribution in [-0.2, 0) is 6.54 Å². The van der Waals surface area contributed by atoms with Gasteiger partial charge >= 0.3 is 0 Å². The van der Waals surface area contributed by atoms with Gasteiger partial charge in [-0.2, -0.15) is 5.10 Å². The molecule has 20 heavy (non-hydrogen) atoms. The maximum Gasteiger partial charge on any atom is 0.165 e. The van der Waals surface area contributed by atoms with E-state index in [-0.39, 0.29) is 0 Å². The summed E-state index contributed by atoms with van der Waals surface area (Å²) in [5, 5.41) is 5.15. The number of anilines is 1. The lowest BCUT2D eigenvalue weighted by Gasteiger charge is -2.07. The molecule has 0 saturated heterocycles. The topological polar surface area (TPSA) is 66.0 Å². The SMILES string of the molecule is CCCn1cc(Oc2ccnc3c(N)cccc23)cn1. The van der Waals surface area contributed by atoms with Gasteiger partial charge in [0.1, 0.15) is 5.75 Å². The molecule has 5 heteroatoms. The van der Waals surface area contributed by atoms with Crippen LogP contribution in [0, 0.1) is 0 Å². The molecule has 0 bridgehead atoms. The largest absolute Gasteiger partial charge is 0.453 e. The highest BCUT2D eigenvalue weighted by molar-refractivity contribution is 5.93. The van der Waals surface area contributed by atoms with Crippen molar-refractivity contribution in [2.75, 3.05) is 5.73 Å². The molecule has 0 aliphatic heterocycles. The first-order valence-electron chi connectivity index (χ1n) is 6.61. The first-order chi connectivity index (χ1) is 9.78. The highest BCUT2D eigenvalue weighted by atomic mass is 16.5. The van der Waals surface area contributed by atoms with Gasteiger partial charge in [0.05, 0.1) is 23.6 Å². The number of aromatic nitrogens is 3. The van der Waals surface area contributed by atoms with Gasteiger partial charge < -0.3 is 10.5 Å². The van der Waals surface area contributed by atoms with Crippen LogP contribution >= 0.6 is 0 Å². The molecular formula is C15H16N4O. The fourth-order valence-corrected chi connectivity index (χ4v) is 2.14. The standard InChI is InChI=1S/C15H16N4O/c1-2-8-19-10-11(9-18-19)20-14-6-7-17-15-12(14)4-3-5-13(15)16/h3-7,9-10H,2,8,16H2,1H3. The van der Waals surface area contributed by atoms with E-state index in [1.807, 2.05) is 35.1 Å². The number of nitrogens with zero attached hydrogens (tertiary/aromatic N) is 3. The molecule has 0 saturated carbocycles. The van der Waals surface area contributed by atoms with Gasteiger partial charge in [0, 0.05) is 18.1 Å². The normalized spacial score (nSPS) is 10.8. The highest BCUT2D eigenvalue weighted by Crippen LogP contribution is 2.30. The van der Waals surface area contributed by atoms with E-state index in [9.17, 15) is 0 Å². The number of para-hydroxylation sites is 1. The minimum Gasteiger partial charge on any atom is -0.453 e. The molecule has 2 heterocycles. The van der Waals surface area contributed by atoms with Crippen LogP contribution in [0.2, 0.25) is 0 Å². The van der Waals surface area contributed by atoms with Gasteiger partial charge in [-0.1, -0.05) is 13.0 Å². The second kappa shape index (κ2) is 5.21. The zero-order chi connectivity index (χ0) is 13.9. The number of hydrogen-bond donors (Lipinski definition) is 1. The van der Waals surface area contributed by atoms with E-state index in [0.717, 1.165) is 29.6 Å². The Morgan fingerprint density at radius 3 is 3.05 bits per heavy atom. The average Bonchev–Trinajstić information content (AvgIpc) is 2.88. The molecule has 2 aromatic heterocycles. The van der Waals surface area contributed by atoms with Gasteiger partial charge in [-0.15, -0.1) is 0 Å². The number of rotatable bonds is 4. The predicted octanol–water partition coefficient (Wildman–Crippen LogP) is 3.22. The molecular weight excluding hydrogens is 252 g/mol. The summed E-state index contributed by atoms with van der Waals surface area (Å²) in [7, 11) is 0. The molecule has 1 aromatic carbocycles. The van der Waals surface area contributed by atoms with Gasteiger partial charge in [0.25, 0.3) is 0 Å². The Kier molecular flexibility index (Phi) is 3.25. The van der Waals surface area contributed by atoms with E-state index in [4.69, 9.17) is 10.5 Å². The summed E-state index contributed by atoms with van der Waals surface area (Å²) in [6.45, 7) is 2.99. The monoisotopic (exact) mass is 268 g/mol. The van der Waals surface area contributed by atoms with E-state index < -0.39 is 0 Å². The van der Waals surface area contributed by atoms with Crippen LogP contribution < -0.4 is 10.5 Å². The molecule has 102 valence electrons. The molecule has 0 spiro atoms. The summed E-state index contributed by atoms with van der Waals surface area (Å²) in [4.78, 5) is 4.29. The lowest BCUT2D eigenvalue weighted by atomic mass is 10.2.